The van der Waals surface area contributed by atoms with Crippen molar-refractivity contribution in [2.75, 3.05) is 5.32 Å². The van der Waals surface area contributed by atoms with Crippen LogP contribution in [-0.2, 0) is 11.2 Å². The Labute approximate surface area is 178 Å². The van der Waals surface area contributed by atoms with Gasteiger partial charge in [-0.3, -0.25) is 4.79 Å². The van der Waals surface area contributed by atoms with Crippen molar-refractivity contribution in [1.82, 2.24) is 0 Å². The van der Waals surface area contributed by atoms with Crippen LogP contribution in [0.5, 0.6) is 0 Å². The van der Waals surface area contributed by atoms with Gasteiger partial charge in [-0.25, -0.2) is 0 Å². The van der Waals surface area contributed by atoms with Gasteiger partial charge < -0.3 is 5.32 Å². The van der Waals surface area contributed by atoms with Crippen molar-refractivity contribution < 1.29 is 4.79 Å². The highest BCUT2D eigenvalue weighted by atomic mass is 16.1. The lowest BCUT2D eigenvalue weighted by atomic mass is 9.99. The summed E-state index contributed by atoms with van der Waals surface area (Å²) in [6.45, 7) is 8.16. The van der Waals surface area contributed by atoms with Gasteiger partial charge in [0.05, 0.1) is 0 Å². The van der Waals surface area contributed by atoms with Gasteiger partial charge in [0, 0.05) is 5.69 Å². The fourth-order valence-electron chi connectivity index (χ4n) is 3.53. The fourth-order valence-corrected chi connectivity index (χ4v) is 3.53. The zero-order valence-electron chi connectivity index (χ0n) is 17.9. The molecule has 0 aliphatic heterocycles. The summed E-state index contributed by atoms with van der Waals surface area (Å²) in [5.41, 5.74) is 8.72. The monoisotopic (exact) mass is 394 g/mol. The number of carbonyl (C=O) groups is 1. The van der Waals surface area contributed by atoms with Crippen LogP contribution in [0.15, 0.2) is 66.2 Å². The largest absolute Gasteiger partial charge is 0.321 e. The molecule has 3 heteroatoms. The zero-order valence-corrected chi connectivity index (χ0v) is 17.9. The van der Waals surface area contributed by atoms with E-state index in [1.807, 2.05) is 62.4 Å². The first-order valence-corrected chi connectivity index (χ1v) is 10.0. The molecule has 0 spiro atoms. The molecule has 0 unspecified atom stereocenters. The van der Waals surface area contributed by atoms with Gasteiger partial charge in [-0.15, -0.1) is 0 Å². The number of carbonyl (C=O) groups excluding carboxylic acids is 1. The third-order valence-electron chi connectivity index (χ3n) is 5.20. The summed E-state index contributed by atoms with van der Waals surface area (Å²) in [6.07, 6.45) is 2.48. The van der Waals surface area contributed by atoms with Gasteiger partial charge in [0.1, 0.15) is 11.6 Å². The van der Waals surface area contributed by atoms with Gasteiger partial charge in [-0.1, -0.05) is 65.7 Å². The van der Waals surface area contributed by atoms with E-state index in [0.717, 1.165) is 28.8 Å². The number of anilines is 1. The molecule has 3 rings (SSSR count). The molecule has 0 fully saturated rings. The molecule has 3 aromatic carbocycles. The highest BCUT2D eigenvalue weighted by Gasteiger charge is 2.11. The molecule has 0 radical (unpaired) electrons. The molecule has 1 amide bonds. The molecule has 0 aromatic heterocycles. The van der Waals surface area contributed by atoms with Gasteiger partial charge in [0.2, 0.25) is 0 Å². The van der Waals surface area contributed by atoms with Crippen molar-refractivity contribution in [2.45, 2.75) is 34.1 Å². The second kappa shape index (κ2) is 9.24. The predicted molar refractivity (Wildman–Crippen MR) is 123 cm³/mol. The van der Waals surface area contributed by atoms with Crippen molar-refractivity contribution in [2.24, 2.45) is 0 Å². The maximum absolute atomic E-state index is 12.6. The Kier molecular flexibility index (Phi) is 6.49. The Balaban J connectivity index is 1.75. The number of hydrogen-bond acceptors (Lipinski definition) is 2. The van der Waals surface area contributed by atoms with Gasteiger partial charge in [-0.2, -0.15) is 5.26 Å². The molecular formula is C27H26N2O. The quantitative estimate of drug-likeness (QED) is 0.423. The summed E-state index contributed by atoms with van der Waals surface area (Å²) in [6, 6.07) is 22.3. The Morgan fingerprint density at radius 3 is 2.23 bits per heavy atom. The average Bonchev–Trinajstić information content (AvgIpc) is 2.70. The molecule has 0 saturated heterocycles. The highest BCUT2D eigenvalue weighted by Crippen LogP contribution is 2.20. The Morgan fingerprint density at radius 1 is 0.933 bits per heavy atom. The summed E-state index contributed by atoms with van der Waals surface area (Å²) < 4.78 is 0. The van der Waals surface area contributed by atoms with Gasteiger partial charge in [0.15, 0.2) is 0 Å². The van der Waals surface area contributed by atoms with Crippen LogP contribution in [0.25, 0.3) is 6.08 Å². The van der Waals surface area contributed by atoms with E-state index in [4.69, 9.17) is 0 Å². The van der Waals surface area contributed by atoms with E-state index in [9.17, 15) is 10.1 Å². The van der Waals surface area contributed by atoms with Crippen LogP contribution in [0.4, 0.5) is 5.69 Å². The van der Waals surface area contributed by atoms with Crippen molar-refractivity contribution in [3.8, 4) is 6.07 Å². The summed E-state index contributed by atoms with van der Waals surface area (Å²) in [7, 11) is 0. The minimum Gasteiger partial charge on any atom is -0.321 e. The number of aryl methyl sites for hydroxylation is 3. The van der Waals surface area contributed by atoms with Crippen LogP contribution in [0.2, 0.25) is 0 Å². The number of nitrogens with one attached hydrogen (secondary N) is 1. The van der Waals surface area contributed by atoms with Crippen molar-refractivity contribution in [1.29, 1.82) is 5.26 Å². The predicted octanol–water partition coefficient (Wildman–Crippen LogP) is 6.06. The smallest absolute Gasteiger partial charge is 0.266 e. The van der Waals surface area contributed by atoms with Crippen LogP contribution in [0, 0.1) is 39.0 Å². The molecule has 0 bridgehead atoms. The van der Waals surface area contributed by atoms with E-state index >= 15 is 0 Å². The van der Waals surface area contributed by atoms with Crippen LogP contribution < -0.4 is 5.32 Å². The van der Waals surface area contributed by atoms with E-state index in [-0.39, 0.29) is 5.57 Å². The minimum absolute atomic E-state index is 0.0814. The van der Waals surface area contributed by atoms with E-state index < -0.39 is 5.91 Å². The molecule has 0 saturated carbocycles. The van der Waals surface area contributed by atoms with Gasteiger partial charge >= 0.3 is 0 Å². The summed E-state index contributed by atoms with van der Waals surface area (Å²) in [5, 5.41) is 12.3. The molecule has 150 valence electrons. The maximum Gasteiger partial charge on any atom is 0.266 e. The van der Waals surface area contributed by atoms with Crippen LogP contribution in [0.3, 0.4) is 0 Å². The van der Waals surface area contributed by atoms with Crippen molar-refractivity contribution in [3.63, 3.8) is 0 Å². The first kappa shape index (κ1) is 21.1. The second-order valence-electron chi connectivity index (χ2n) is 7.79. The molecule has 0 atom stereocenters. The first-order valence-electron chi connectivity index (χ1n) is 10.0. The maximum atomic E-state index is 12.6. The molecule has 0 heterocycles. The Hall–Kier alpha value is -3.64. The lowest BCUT2D eigenvalue weighted by Gasteiger charge is -2.10. The molecule has 1 N–H and O–H groups in total. The highest BCUT2D eigenvalue weighted by molar-refractivity contribution is 6.10. The molecule has 3 nitrogen and oxygen atoms in total. The summed E-state index contributed by atoms with van der Waals surface area (Å²) in [4.78, 5) is 12.6. The van der Waals surface area contributed by atoms with Crippen LogP contribution >= 0.6 is 0 Å². The molecule has 0 aliphatic rings. The number of benzene rings is 3. The lowest BCUT2D eigenvalue weighted by Crippen LogP contribution is -2.14. The fraction of sp³-hybridized carbons (Fsp3) is 0.185. The van der Waals surface area contributed by atoms with Crippen molar-refractivity contribution >= 4 is 17.7 Å². The molecule has 3 aromatic rings. The molecular weight excluding hydrogens is 368 g/mol. The van der Waals surface area contributed by atoms with E-state index in [2.05, 4.69) is 37.4 Å². The number of amides is 1. The van der Waals surface area contributed by atoms with E-state index in [1.54, 1.807) is 6.08 Å². The number of nitrogens with zero attached hydrogens (tertiary/aromatic N) is 1. The van der Waals surface area contributed by atoms with Crippen LogP contribution in [0.1, 0.15) is 38.9 Å². The third-order valence-corrected chi connectivity index (χ3v) is 5.20. The minimum atomic E-state index is -0.398. The number of hydrogen-bond donors (Lipinski definition) is 1. The summed E-state index contributed by atoms with van der Waals surface area (Å²) >= 11 is 0. The average molecular weight is 395 g/mol. The second-order valence-corrected chi connectivity index (χ2v) is 7.79. The topological polar surface area (TPSA) is 52.9 Å². The zero-order chi connectivity index (χ0) is 21.7. The standard InChI is InChI=1S/C27H26N2O/c1-18-12-19(2)14-24(13-18)15-22-8-10-23(11-9-22)16-25(17-28)27(30)29-26-7-5-6-20(3)21(26)4/h5-14,16H,15H2,1-4H3,(H,29,30)/b25-16+. The van der Waals surface area contributed by atoms with Crippen molar-refractivity contribution in [3.05, 3.63) is 105 Å². The third kappa shape index (κ3) is 5.24. The van der Waals surface area contributed by atoms with E-state index in [1.165, 1.54) is 22.3 Å². The van der Waals surface area contributed by atoms with Gasteiger partial charge in [-0.05, 0) is 74.1 Å². The van der Waals surface area contributed by atoms with Crippen LogP contribution in [-0.4, -0.2) is 5.91 Å². The SMILES string of the molecule is Cc1cc(C)cc(Cc2ccc(/C=C(\C#N)C(=O)Nc3cccc(C)c3C)cc2)c1. The lowest BCUT2D eigenvalue weighted by molar-refractivity contribution is -0.112. The molecule has 0 aliphatic carbocycles. The summed E-state index contributed by atoms with van der Waals surface area (Å²) in [5.74, 6) is -0.398. The molecule has 30 heavy (non-hydrogen) atoms. The Bertz CT molecular complexity index is 1130. The number of rotatable bonds is 5. The van der Waals surface area contributed by atoms with Gasteiger partial charge in [0.25, 0.3) is 5.91 Å². The van der Waals surface area contributed by atoms with E-state index in [0.29, 0.717) is 0 Å². The normalized spacial score (nSPS) is 11.1. The first-order chi connectivity index (χ1) is 14.4. The number of nitriles is 1. The Morgan fingerprint density at radius 2 is 1.60 bits per heavy atom.